The Hall–Kier alpha value is -2.78. The van der Waals surface area contributed by atoms with E-state index in [0.717, 1.165) is 11.1 Å². The predicted molar refractivity (Wildman–Crippen MR) is 128 cm³/mol. The summed E-state index contributed by atoms with van der Waals surface area (Å²) >= 11 is 15.4. The van der Waals surface area contributed by atoms with Crippen molar-refractivity contribution in [2.45, 2.75) is 13.5 Å². The Morgan fingerprint density at radius 1 is 1.10 bits per heavy atom. The molecule has 156 valence electrons. The molecule has 7 heteroatoms. The van der Waals surface area contributed by atoms with Crippen LogP contribution >= 0.6 is 39.1 Å². The highest BCUT2D eigenvalue weighted by Gasteiger charge is 2.11. The van der Waals surface area contributed by atoms with E-state index in [0.29, 0.717) is 38.1 Å². The fraction of sp³-hybridized carbons (Fsp3) is 0.0833. The number of carbonyl (C=O) groups is 1. The molecule has 3 aromatic carbocycles. The third-order valence-electron chi connectivity index (χ3n) is 4.32. The van der Waals surface area contributed by atoms with Gasteiger partial charge in [0.1, 0.15) is 24.0 Å². The molecule has 1 amide bonds. The topological polar surface area (TPSA) is 62.1 Å². The van der Waals surface area contributed by atoms with Crippen LogP contribution in [0.15, 0.2) is 70.7 Å². The summed E-state index contributed by atoms with van der Waals surface area (Å²) in [6.07, 6.45) is 1.52. The Morgan fingerprint density at radius 3 is 2.48 bits per heavy atom. The number of nitriles is 1. The van der Waals surface area contributed by atoms with Gasteiger partial charge in [0.2, 0.25) is 0 Å². The van der Waals surface area contributed by atoms with E-state index in [1.165, 1.54) is 6.08 Å². The van der Waals surface area contributed by atoms with Crippen LogP contribution in [0, 0.1) is 18.3 Å². The highest BCUT2D eigenvalue weighted by Crippen LogP contribution is 2.29. The van der Waals surface area contributed by atoms with E-state index >= 15 is 0 Å². The number of halogens is 3. The number of benzene rings is 3. The van der Waals surface area contributed by atoms with Crippen LogP contribution in [0.2, 0.25) is 10.0 Å². The lowest BCUT2D eigenvalue weighted by molar-refractivity contribution is -0.112. The fourth-order valence-corrected chi connectivity index (χ4v) is 3.50. The average Bonchev–Trinajstić information content (AvgIpc) is 2.75. The van der Waals surface area contributed by atoms with Crippen molar-refractivity contribution in [1.82, 2.24) is 0 Å². The van der Waals surface area contributed by atoms with E-state index in [1.54, 1.807) is 42.5 Å². The van der Waals surface area contributed by atoms with Crippen LogP contribution in [0.5, 0.6) is 5.75 Å². The molecule has 1 N–H and O–H groups in total. The molecule has 0 aliphatic rings. The summed E-state index contributed by atoms with van der Waals surface area (Å²) in [5.41, 5.74) is 3.27. The van der Waals surface area contributed by atoms with E-state index < -0.39 is 5.91 Å². The van der Waals surface area contributed by atoms with Crippen LogP contribution in [0.4, 0.5) is 5.69 Å². The molecule has 0 aliphatic carbocycles. The average molecular weight is 516 g/mol. The molecule has 0 spiro atoms. The Morgan fingerprint density at radius 2 is 1.84 bits per heavy atom. The zero-order chi connectivity index (χ0) is 22.4. The minimum absolute atomic E-state index is 0.00282. The molecule has 0 saturated carbocycles. The molecule has 0 radical (unpaired) electrons. The predicted octanol–water partition coefficient (Wildman–Crippen LogP) is 7.19. The van der Waals surface area contributed by atoms with Crippen molar-refractivity contribution in [1.29, 1.82) is 5.26 Å². The van der Waals surface area contributed by atoms with Crippen molar-refractivity contribution in [2.75, 3.05) is 5.32 Å². The molecule has 3 rings (SSSR count). The molecule has 0 fully saturated rings. The third kappa shape index (κ3) is 6.35. The van der Waals surface area contributed by atoms with Crippen LogP contribution in [-0.4, -0.2) is 5.91 Å². The zero-order valence-electron chi connectivity index (χ0n) is 16.5. The highest BCUT2D eigenvalue weighted by molar-refractivity contribution is 9.10. The van der Waals surface area contributed by atoms with Crippen LogP contribution in [0.3, 0.4) is 0 Å². The van der Waals surface area contributed by atoms with E-state index in [9.17, 15) is 10.1 Å². The normalized spacial score (nSPS) is 11.0. The van der Waals surface area contributed by atoms with Gasteiger partial charge >= 0.3 is 0 Å². The van der Waals surface area contributed by atoms with Gasteiger partial charge in [-0.25, -0.2) is 0 Å². The molecule has 0 saturated heterocycles. The van der Waals surface area contributed by atoms with Crippen molar-refractivity contribution >= 4 is 56.8 Å². The smallest absolute Gasteiger partial charge is 0.266 e. The molecular weight excluding hydrogens is 499 g/mol. The van der Waals surface area contributed by atoms with Crippen LogP contribution in [-0.2, 0) is 11.4 Å². The van der Waals surface area contributed by atoms with Gasteiger partial charge in [0.15, 0.2) is 0 Å². The number of hydrogen-bond donors (Lipinski definition) is 1. The van der Waals surface area contributed by atoms with Gasteiger partial charge in [-0.15, -0.1) is 0 Å². The first-order chi connectivity index (χ1) is 14.9. The standard InChI is InChI=1S/C24H17BrCl2N2O2/c1-15-2-6-19(7-3-15)29-24(30)18(13-28)10-16-5-9-23(20(25)11-16)31-14-17-4-8-21(26)22(27)12-17/h2-12H,14H2,1H3,(H,29,30)/b18-10+. The number of nitrogens with one attached hydrogen (secondary N) is 1. The number of hydrogen-bond acceptors (Lipinski definition) is 3. The zero-order valence-corrected chi connectivity index (χ0v) is 19.6. The van der Waals surface area contributed by atoms with Gasteiger partial charge in [-0.2, -0.15) is 5.26 Å². The van der Waals surface area contributed by atoms with Gasteiger partial charge < -0.3 is 10.1 Å². The number of aryl methyl sites for hydroxylation is 1. The molecule has 4 nitrogen and oxygen atoms in total. The van der Waals surface area contributed by atoms with Gasteiger partial charge in [-0.05, 0) is 76.5 Å². The van der Waals surface area contributed by atoms with Crippen molar-refractivity contribution in [3.8, 4) is 11.8 Å². The van der Waals surface area contributed by atoms with Crippen LogP contribution in [0.1, 0.15) is 16.7 Å². The van der Waals surface area contributed by atoms with Gasteiger partial charge in [0.05, 0.1) is 14.5 Å². The van der Waals surface area contributed by atoms with E-state index in [2.05, 4.69) is 21.2 Å². The second-order valence-corrected chi connectivity index (χ2v) is 8.39. The summed E-state index contributed by atoms with van der Waals surface area (Å²) < 4.78 is 6.52. The molecule has 3 aromatic rings. The molecule has 0 atom stereocenters. The number of anilines is 1. The molecule has 0 bridgehead atoms. The third-order valence-corrected chi connectivity index (χ3v) is 5.68. The van der Waals surface area contributed by atoms with E-state index in [4.69, 9.17) is 27.9 Å². The number of carbonyl (C=O) groups excluding carboxylic acids is 1. The monoisotopic (exact) mass is 514 g/mol. The van der Waals surface area contributed by atoms with Crippen molar-refractivity contribution < 1.29 is 9.53 Å². The summed E-state index contributed by atoms with van der Waals surface area (Å²) in [5.74, 6) is 0.147. The summed E-state index contributed by atoms with van der Waals surface area (Å²) in [5, 5.41) is 13.1. The number of nitrogens with zero attached hydrogens (tertiary/aromatic N) is 1. The second kappa shape index (κ2) is 10.5. The first-order valence-corrected chi connectivity index (χ1v) is 10.8. The van der Waals surface area contributed by atoms with Gasteiger partial charge in [-0.1, -0.05) is 53.0 Å². The van der Waals surface area contributed by atoms with Crippen molar-refractivity contribution in [3.63, 3.8) is 0 Å². The highest BCUT2D eigenvalue weighted by atomic mass is 79.9. The van der Waals surface area contributed by atoms with Gasteiger partial charge in [0, 0.05) is 5.69 Å². The minimum Gasteiger partial charge on any atom is -0.488 e. The Balaban J connectivity index is 1.70. The second-order valence-electron chi connectivity index (χ2n) is 6.72. The van der Waals surface area contributed by atoms with E-state index in [1.807, 2.05) is 31.2 Å². The lowest BCUT2D eigenvalue weighted by Gasteiger charge is -2.10. The molecule has 0 aromatic heterocycles. The largest absolute Gasteiger partial charge is 0.488 e. The lowest BCUT2D eigenvalue weighted by Crippen LogP contribution is -2.13. The maximum Gasteiger partial charge on any atom is 0.266 e. The quantitative estimate of drug-likeness (QED) is 0.279. The Labute approximate surface area is 199 Å². The summed E-state index contributed by atoms with van der Waals surface area (Å²) in [6.45, 7) is 2.27. The molecule has 0 aliphatic heterocycles. The number of rotatable bonds is 6. The molecule has 0 heterocycles. The van der Waals surface area contributed by atoms with Crippen LogP contribution < -0.4 is 10.1 Å². The lowest BCUT2D eigenvalue weighted by atomic mass is 10.1. The fourth-order valence-electron chi connectivity index (χ4n) is 2.67. The molecule has 31 heavy (non-hydrogen) atoms. The van der Waals surface area contributed by atoms with Crippen molar-refractivity contribution in [3.05, 3.63) is 97.4 Å². The summed E-state index contributed by atoms with van der Waals surface area (Å²) in [7, 11) is 0. The van der Waals surface area contributed by atoms with Crippen LogP contribution in [0.25, 0.3) is 6.08 Å². The van der Waals surface area contributed by atoms with Gasteiger partial charge in [0.25, 0.3) is 5.91 Å². The SMILES string of the molecule is Cc1ccc(NC(=O)/C(C#N)=C/c2ccc(OCc3ccc(Cl)c(Cl)c3)c(Br)c2)cc1. The molecule has 0 unspecified atom stereocenters. The van der Waals surface area contributed by atoms with E-state index in [-0.39, 0.29) is 5.57 Å². The minimum atomic E-state index is -0.470. The maximum atomic E-state index is 12.4. The molecular formula is C24H17BrCl2N2O2. The van der Waals surface area contributed by atoms with Crippen molar-refractivity contribution in [2.24, 2.45) is 0 Å². The first kappa shape index (κ1) is 22.9. The number of amides is 1. The Kier molecular flexibility index (Phi) is 7.75. The maximum absolute atomic E-state index is 12.4. The summed E-state index contributed by atoms with van der Waals surface area (Å²) in [6, 6.07) is 19.9. The summed E-state index contributed by atoms with van der Waals surface area (Å²) in [4.78, 5) is 12.4. The van der Waals surface area contributed by atoms with Gasteiger partial charge in [-0.3, -0.25) is 4.79 Å². The number of ether oxygens (including phenoxy) is 1. The first-order valence-electron chi connectivity index (χ1n) is 9.22. The Bertz CT molecular complexity index is 1190.